The third kappa shape index (κ3) is 5.39. The Labute approximate surface area is 154 Å². The molecule has 2 aromatic rings. The molecule has 0 aromatic heterocycles. The number of esters is 1. The van der Waals surface area contributed by atoms with Gasteiger partial charge in [0.15, 0.2) is 0 Å². The van der Waals surface area contributed by atoms with Gasteiger partial charge in [0.25, 0.3) is 0 Å². The Hall–Kier alpha value is -2.22. The first-order chi connectivity index (χ1) is 12.5. The highest BCUT2D eigenvalue weighted by atomic mass is 32.2. The highest BCUT2D eigenvalue weighted by Gasteiger charge is 2.25. The minimum atomic E-state index is -3.64. The summed E-state index contributed by atoms with van der Waals surface area (Å²) in [7, 11) is -2.37. The minimum absolute atomic E-state index is 0.261. The number of carbonyl (C=O) groups excluding carboxylic acids is 1. The molecule has 7 heteroatoms. The molecule has 140 valence electrons. The summed E-state index contributed by atoms with van der Waals surface area (Å²) in [6.45, 7) is 0.997. The van der Waals surface area contributed by atoms with Gasteiger partial charge in [-0.2, -0.15) is 4.31 Å². The van der Waals surface area contributed by atoms with Crippen LogP contribution in [-0.4, -0.2) is 38.9 Å². The summed E-state index contributed by atoms with van der Waals surface area (Å²) in [4.78, 5) is 11.9. The van der Waals surface area contributed by atoms with Crippen molar-refractivity contribution in [3.63, 3.8) is 0 Å². The van der Waals surface area contributed by atoms with E-state index in [1.54, 1.807) is 24.3 Å². The molecule has 2 aromatic carbocycles. The Balaban J connectivity index is 2.28. The molecule has 2 rings (SSSR count). The molecule has 0 radical (unpaired) electrons. The van der Waals surface area contributed by atoms with Gasteiger partial charge in [0.2, 0.25) is 10.0 Å². The Morgan fingerprint density at radius 3 is 2.38 bits per heavy atom. The van der Waals surface area contributed by atoms with Crippen molar-refractivity contribution in [2.45, 2.75) is 18.7 Å². The van der Waals surface area contributed by atoms with Crippen LogP contribution in [0, 0.1) is 0 Å². The predicted octanol–water partition coefficient (Wildman–Crippen LogP) is 2.15. The van der Waals surface area contributed by atoms with Crippen LogP contribution in [-0.2, 0) is 27.1 Å². The molecule has 2 N–H and O–H groups in total. The molecule has 0 bridgehead atoms. The van der Waals surface area contributed by atoms with Gasteiger partial charge in [-0.15, -0.1) is 0 Å². The number of hydrogen-bond donors (Lipinski definition) is 1. The average molecular weight is 376 g/mol. The summed E-state index contributed by atoms with van der Waals surface area (Å²) in [5, 5.41) is 0. The molecule has 0 aliphatic carbocycles. The van der Waals surface area contributed by atoms with Crippen LogP contribution in [0.25, 0.3) is 0 Å². The molecular weight excluding hydrogens is 352 g/mol. The second-order valence-corrected chi connectivity index (χ2v) is 7.84. The number of methoxy groups -OCH3 is 1. The molecule has 0 aliphatic rings. The number of rotatable bonds is 9. The van der Waals surface area contributed by atoms with Crippen molar-refractivity contribution in [2.75, 3.05) is 20.2 Å². The van der Waals surface area contributed by atoms with Gasteiger partial charge in [-0.3, -0.25) is 0 Å². The molecule has 6 nitrogen and oxygen atoms in total. The third-order valence-corrected chi connectivity index (χ3v) is 5.74. The largest absolute Gasteiger partial charge is 0.465 e. The summed E-state index contributed by atoms with van der Waals surface area (Å²) >= 11 is 0. The zero-order valence-electron chi connectivity index (χ0n) is 14.8. The number of nitrogens with two attached hydrogens (primary N) is 1. The van der Waals surface area contributed by atoms with E-state index in [1.165, 1.54) is 11.4 Å². The maximum atomic E-state index is 13.0. The molecule has 0 unspecified atom stereocenters. The topological polar surface area (TPSA) is 89.7 Å². The minimum Gasteiger partial charge on any atom is -0.465 e. The third-order valence-electron chi connectivity index (χ3n) is 3.97. The van der Waals surface area contributed by atoms with E-state index in [0.717, 1.165) is 5.56 Å². The molecule has 0 atom stereocenters. The molecule has 26 heavy (non-hydrogen) atoms. The molecule has 0 saturated heterocycles. The average Bonchev–Trinajstić information content (AvgIpc) is 2.65. The number of nitrogens with zero attached hydrogens (tertiary/aromatic N) is 1. The Morgan fingerprint density at radius 1 is 1.08 bits per heavy atom. The number of ether oxygens (including phenoxy) is 1. The normalized spacial score (nSPS) is 11.5. The van der Waals surface area contributed by atoms with Crippen molar-refractivity contribution < 1.29 is 17.9 Å². The van der Waals surface area contributed by atoms with Gasteiger partial charge in [0.05, 0.1) is 18.4 Å². The molecule has 0 amide bonds. The lowest BCUT2D eigenvalue weighted by Gasteiger charge is -2.22. The van der Waals surface area contributed by atoms with Crippen LogP contribution in [0.3, 0.4) is 0 Å². The molecule has 0 heterocycles. The van der Waals surface area contributed by atoms with Crippen molar-refractivity contribution in [2.24, 2.45) is 5.73 Å². The van der Waals surface area contributed by atoms with Crippen LogP contribution in [0.2, 0.25) is 0 Å². The maximum absolute atomic E-state index is 13.0. The zero-order chi connectivity index (χ0) is 19.0. The van der Waals surface area contributed by atoms with Gasteiger partial charge in [-0.1, -0.05) is 48.5 Å². The van der Waals surface area contributed by atoms with Crippen molar-refractivity contribution in [3.8, 4) is 0 Å². The van der Waals surface area contributed by atoms with E-state index < -0.39 is 16.0 Å². The fourth-order valence-corrected chi connectivity index (χ4v) is 4.19. The standard InChI is InChI=1S/C19H24N2O4S/c1-25-19(22)18-11-6-5-10-17(18)15-26(23,24)21(13-7-12-20)14-16-8-3-2-4-9-16/h2-6,8-11H,7,12-15,20H2,1H3. The summed E-state index contributed by atoms with van der Waals surface area (Å²) in [5.41, 5.74) is 7.15. The van der Waals surface area contributed by atoms with Gasteiger partial charge < -0.3 is 10.5 Å². The van der Waals surface area contributed by atoms with Crippen molar-refractivity contribution in [1.29, 1.82) is 0 Å². The quantitative estimate of drug-likeness (QED) is 0.677. The highest BCUT2D eigenvalue weighted by molar-refractivity contribution is 7.88. The second kappa shape index (κ2) is 9.47. The van der Waals surface area contributed by atoms with Crippen molar-refractivity contribution in [1.82, 2.24) is 4.31 Å². The summed E-state index contributed by atoms with van der Waals surface area (Å²) in [6, 6.07) is 16.0. The first-order valence-electron chi connectivity index (χ1n) is 8.36. The molecule has 0 spiro atoms. The van der Waals surface area contributed by atoms with Crippen LogP contribution >= 0.6 is 0 Å². The van der Waals surface area contributed by atoms with Gasteiger partial charge in [-0.25, -0.2) is 13.2 Å². The number of sulfonamides is 1. The van der Waals surface area contributed by atoms with E-state index in [0.29, 0.717) is 25.1 Å². The van der Waals surface area contributed by atoms with Gasteiger partial charge in [0.1, 0.15) is 0 Å². The Kier molecular flexibility index (Phi) is 7.32. The van der Waals surface area contributed by atoms with Crippen LogP contribution in [0.1, 0.15) is 27.9 Å². The van der Waals surface area contributed by atoms with Crippen LogP contribution < -0.4 is 5.73 Å². The Bertz CT molecular complexity index is 822. The predicted molar refractivity (Wildman–Crippen MR) is 101 cm³/mol. The SMILES string of the molecule is COC(=O)c1ccccc1CS(=O)(=O)N(CCCN)Cc1ccccc1. The molecular formula is C19H24N2O4S. The second-order valence-electron chi connectivity index (χ2n) is 5.87. The highest BCUT2D eigenvalue weighted by Crippen LogP contribution is 2.18. The van der Waals surface area contributed by atoms with Crippen molar-refractivity contribution >= 4 is 16.0 Å². The van der Waals surface area contributed by atoms with Crippen molar-refractivity contribution in [3.05, 3.63) is 71.3 Å². The summed E-state index contributed by atoms with van der Waals surface area (Å²) in [6.07, 6.45) is 0.560. The van der Waals surface area contributed by atoms with E-state index in [4.69, 9.17) is 10.5 Å². The van der Waals surface area contributed by atoms with Gasteiger partial charge in [0, 0.05) is 13.1 Å². The van der Waals surface area contributed by atoms with E-state index in [1.807, 2.05) is 30.3 Å². The monoisotopic (exact) mass is 376 g/mol. The smallest absolute Gasteiger partial charge is 0.338 e. The fourth-order valence-electron chi connectivity index (χ4n) is 2.61. The lowest BCUT2D eigenvalue weighted by Crippen LogP contribution is -2.34. The molecule has 0 aliphatic heterocycles. The Morgan fingerprint density at radius 2 is 1.73 bits per heavy atom. The fraction of sp³-hybridized carbons (Fsp3) is 0.316. The molecule has 0 saturated carbocycles. The number of benzene rings is 2. The summed E-state index contributed by atoms with van der Waals surface area (Å²) in [5.74, 6) is -0.817. The first-order valence-corrected chi connectivity index (χ1v) is 9.97. The molecule has 0 fully saturated rings. The van der Waals surface area contributed by atoms with E-state index in [9.17, 15) is 13.2 Å². The first kappa shape index (κ1) is 20.1. The zero-order valence-corrected chi connectivity index (χ0v) is 15.6. The number of hydrogen-bond acceptors (Lipinski definition) is 5. The maximum Gasteiger partial charge on any atom is 0.338 e. The van der Waals surface area contributed by atoms with E-state index in [2.05, 4.69) is 0 Å². The van der Waals surface area contributed by atoms with Crippen LogP contribution in [0.4, 0.5) is 0 Å². The van der Waals surface area contributed by atoms with Crippen LogP contribution in [0.15, 0.2) is 54.6 Å². The lowest BCUT2D eigenvalue weighted by molar-refractivity contribution is 0.0600. The van der Waals surface area contributed by atoms with E-state index >= 15 is 0 Å². The lowest BCUT2D eigenvalue weighted by atomic mass is 10.1. The van der Waals surface area contributed by atoms with Crippen LogP contribution in [0.5, 0.6) is 0 Å². The van der Waals surface area contributed by atoms with E-state index in [-0.39, 0.29) is 17.9 Å². The van der Waals surface area contributed by atoms with Gasteiger partial charge >= 0.3 is 5.97 Å². The summed E-state index contributed by atoms with van der Waals surface area (Å²) < 4.78 is 32.2. The number of carbonyl (C=O) groups is 1. The van der Waals surface area contributed by atoms with Gasteiger partial charge in [-0.05, 0) is 30.2 Å².